The van der Waals surface area contributed by atoms with Crippen LogP contribution < -0.4 is 5.32 Å². The fourth-order valence-corrected chi connectivity index (χ4v) is 3.40. The molecule has 1 fully saturated rings. The third-order valence-electron chi connectivity index (χ3n) is 4.82. The lowest BCUT2D eigenvalue weighted by Crippen LogP contribution is -2.26. The van der Waals surface area contributed by atoms with Gasteiger partial charge in [0.05, 0.1) is 0 Å². The molecule has 1 rings (SSSR count). The van der Waals surface area contributed by atoms with Gasteiger partial charge in [-0.15, -0.1) is 0 Å². The van der Waals surface area contributed by atoms with Crippen LogP contribution in [-0.2, 0) is 0 Å². The van der Waals surface area contributed by atoms with Crippen molar-refractivity contribution in [3.63, 3.8) is 0 Å². The predicted molar refractivity (Wildman–Crippen MR) is 91.3 cm³/mol. The highest BCUT2D eigenvalue weighted by Crippen LogP contribution is 2.17. The Bertz CT molecular complexity index is 184. The zero-order valence-corrected chi connectivity index (χ0v) is 14.1. The summed E-state index contributed by atoms with van der Waals surface area (Å²) < 4.78 is 0. The number of hydrogen-bond donors (Lipinski definition) is 1. The maximum Gasteiger partial charge on any atom is 0.00670 e. The molecule has 0 aromatic carbocycles. The van der Waals surface area contributed by atoms with E-state index in [2.05, 4.69) is 12.2 Å². The van der Waals surface area contributed by atoms with Crippen LogP contribution in [0.4, 0.5) is 0 Å². The lowest BCUT2D eigenvalue weighted by atomic mass is 10.1. The first-order valence-electron chi connectivity index (χ1n) is 9.67. The van der Waals surface area contributed by atoms with Crippen molar-refractivity contribution in [3.05, 3.63) is 0 Å². The molecule has 1 aliphatic carbocycles. The highest BCUT2D eigenvalue weighted by molar-refractivity contribution is 4.73. The van der Waals surface area contributed by atoms with Crippen molar-refractivity contribution in [2.75, 3.05) is 6.54 Å². The summed E-state index contributed by atoms with van der Waals surface area (Å²) in [5.74, 6) is 0. The van der Waals surface area contributed by atoms with Gasteiger partial charge < -0.3 is 5.32 Å². The van der Waals surface area contributed by atoms with E-state index < -0.39 is 0 Å². The largest absolute Gasteiger partial charge is 0.314 e. The van der Waals surface area contributed by atoms with E-state index in [0.29, 0.717) is 0 Å². The van der Waals surface area contributed by atoms with Crippen molar-refractivity contribution < 1.29 is 0 Å². The van der Waals surface area contributed by atoms with Crippen LogP contribution in [0.3, 0.4) is 0 Å². The topological polar surface area (TPSA) is 12.0 Å². The van der Waals surface area contributed by atoms with Gasteiger partial charge in [-0.1, -0.05) is 90.4 Å². The molecule has 0 aromatic heterocycles. The number of unbranched alkanes of at least 4 members (excludes halogenated alkanes) is 11. The Morgan fingerprint density at radius 3 is 1.60 bits per heavy atom. The van der Waals surface area contributed by atoms with E-state index in [4.69, 9.17) is 0 Å². The zero-order chi connectivity index (χ0) is 14.3. The molecule has 0 bridgehead atoms. The summed E-state index contributed by atoms with van der Waals surface area (Å²) >= 11 is 0. The molecule has 120 valence electrons. The second-order valence-electron chi connectivity index (χ2n) is 6.82. The highest BCUT2D eigenvalue weighted by atomic mass is 14.9. The van der Waals surface area contributed by atoms with Crippen LogP contribution >= 0.6 is 0 Å². The number of rotatable bonds is 14. The molecule has 0 atom stereocenters. The molecule has 1 nitrogen and oxygen atoms in total. The summed E-state index contributed by atoms with van der Waals surface area (Å²) in [5.41, 5.74) is 0. The van der Waals surface area contributed by atoms with Gasteiger partial charge in [-0.3, -0.25) is 0 Å². The lowest BCUT2D eigenvalue weighted by molar-refractivity contribution is 0.493. The third-order valence-corrected chi connectivity index (χ3v) is 4.82. The number of nitrogens with one attached hydrogen (secondary N) is 1. The van der Waals surface area contributed by atoms with Crippen molar-refractivity contribution >= 4 is 0 Å². The van der Waals surface area contributed by atoms with Crippen molar-refractivity contribution in [2.45, 2.75) is 116 Å². The molecule has 1 saturated carbocycles. The molecule has 0 radical (unpaired) electrons. The van der Waals surface area contributed by atoms with E-state index in [9.17, 15) is 0 Å². The summed E-state index contributed by atoms with van der Waals surface area (Å²) in [6, 6.07) is 0.864. The average molecular weight is 282 g/mol. The highest BCUT2D eigenvalue weighted by Gasteiger charge is 2.12. The van der Waals surface area contributed by atoms with Gasteiger partial charge >= 0.3 is 0 Å². The average Bonchev–Trinajstić information content (AvgIpc) is 2.97. The summed E-state index contributed by atoms with van der Waals surface area (Å²) in [4.78, 5) is 0. The molecule has 0 aromatic rings. The zero-order valence-electron chi connectivity index (χ0n) is 14.1. The second-order valence-corrected chi connectivity index (χ2v) is 6.82. The smallest absolute Gasteiger partial charge is 0.00670 e. The van der Waals surface area contributed by atoms with E-state index in [1.807, 2.05) is 0 Å². The molecule has 0 unspecified atom stereocenters. The standard InChI is InChI=1S/C19H39N/c1-2-3-4-5-6-7-8-9-10-11-12-15-18-20-19-16-13-14-17-19/h19-20H,2-18H2,1H3. The Hall–Kier alpha value is -0.0400. The van der Waals surface area contributed by atoms with Crippen LogP contribution in [0.2, 0.25) is 0 Å². The Morgan fingerprint density at radius 2 is 1.10 bits per heavy atom. The van der Waals surface area contributed by atoms with Crippen molar-refractivity contribution in [2.24, 2.45) is 0 Å². The van der Waals surface area contributed by atoms with Crippen LogP contribution in [0.15, 0.2) is 0 Å². The normalized spacial score (nSPS) is 16.1. The molecule has 1 N–H and O–H groups in total. The van der Waals surface area contributed by atoms with Gasteiger partial charge in [0.25, 0.3) is 0 Å². The minimum atomic E-state index is 0.864. The fourth-order valence-electron chi connectivity index (χ4n) is 3.40. The molecule has 0 saturated heterocycles. The van der Waals surface area contributed by atoms with Crippen molar-refractivity contribution in [3.8, 4) is 0 Å². The summed E-state index contributed by atoms with van der Waals surface area (Å²) in [6.07, 6.45) is 23.2. The molecular weight excluding hydrogens is 242 g/mol. The van der Waals surface area contributed by atoms with E-state index in [1.54, 1.807) is 0 Å². The van der Waals surface area contributed by atoms with Gasteiger partial charge in [-0.2, -0.15) is 0 Å². The molecule has 1 aliphatic rings. The number of hydrogen-bond acceptors (Lipinski definition) is 1. The van der Waals surface area contributed by atoms with Crippen LogP contribution in [0.5, 0.6) is 0 Å². The van der Waals surface area contributed by atoms with Gasteiger partial charge in [0.1, 0.15) is 0 Å². The summed E-state index contributed by atoms with van der Waals surface area (Å²) in [7, 11) is 0. The first-order chi connectivity index (χ1) is 9.93. The predicted octanol–water partition coefficient (Wildman–Crippen LogP) is 6.22. The van der Waals surface area contributed by atoms with E-state index in [0.717, 1.165) is 6.04 Å². The summed E-state index contributed by atoms with van der Waals surface area (Å²) in [6.45, 7) is 3.56. The van der Waals surface area contributed by atoms with Crippen molar-refractivity contribution in [1.82, 2.24) is 5.32 Å². The van der Waals surface area contributed by atoms with Crippen LogP contribution in [0.1, 0.15) is 110 Å². The maximum absolute atomic E-state index is 3.72. The Labute approximate surface area is 128 Å². The second kappa shape index (κ2) is 13.9. The molecule has 1 heteroatoms. The minimum absolute atomic E-state index is 0.864. The monoisotopic (exact) mass is 281 g/mol. The molecule has 20 heavy (non-hydrogen) atoms. The Balaban J connectivity index is 1.66. The quantitative estimate of drug-likeness (QED) is 0.373. The molecule has 0 spiro atoms. The van der Waals surface area contributed by atoms with E-state index >= 15 is 0 Å². The van der Waals surface area contributed by atoms with E-state index in [-0.39, 0.29) is 0 Å². The van der Waals surface area contributed by atoms with Gasteiger partial charge in [-0.05, 0) is 25.8 Å². The van der Waals surface area contributed by atoms with Gasteiger partial charge in [0, 0.05) is 6.04 Å². The van der Waals surface area contributed by atoms with Gasteiger partial charge in [0.15, 0.2) is 0 Å². The third kappa shape index (κ3) is 10.7. The Kier molecular flexibility index (Phi) is 12.5. The van der Waals surface area contributed by atoms with Gasteiger partial charge in [0.2, 0.25) is 0 Å². The maximum atomic E-state index is 3.72. The van der Waals surface area contributed by atoms with E-state index in [1.165, 1.54) is 109 Å². The molecule has 0 amide bonds. The summed E-state index contributed by atoms with van der Waals surface area (Å²) in [5, 5.41) is 3.72. The SMILES string of the molecule is CCCCCCCCCCCCCCNC1CCCC1. The van der Waals surface area contributed by atoms with Crippen LogP contribution in [-0.4, -0.2) is 12.6 Å². The van der Waals surface area contributed by atoms with Crippen molar-refractivity contribution in [1.29, 1.82) is 0 Å². The minimum Gasteiger partial charge on any atom is -0.314 e. The van der Waals surface area contributed by atoms with Crippen LogP contribution in [0.25, 0.3) is 0 Å². The van der Waals surface area contributed by atoms with Gasteiger partial charge in [-0.25, -0.2) is 0 Å². The molecule has 0 aliphatic heterocycles. The first-order valence-corrected chi connectivity index (χ1v) is 9.67. The van der Waals surface area contributed by atoms with Crippen LogP contribution in [0, 0.1) is 0 Å². The lowest BCUT2D eigenvalue weighted by Gasteiger charge is -2.11. The molecular formula is C19H39N. The fraction of sp³-hybridized carbons (Fsp3) is 1.00. The first kappa shape index (κ1) is 18.0. The molecule has 0 heterocycles. The Morgan fingerprint density at radius 1 is 0.650 bits per heavy atom.